The molecule has 0 spiro atoms. The summed E-state index contributed by atoms with van der Waals surface area (Å²) in [5.74, 6) is -0.715. The lowest BCUT2D eigenvalue weighted by Gasteiger charge is -2.30. The molecule has 3 N–H and O–H groups in total. The van der Waals surface area contributed by atoms with Crippen LogP contribution in [-0.4, -0.2) is 29.3 Å². The second kappa shape index (κ2) is 3.54. The highest BCUT2D eigenvalue weighted by molar-refractivity contribution is 5.80. The van der Waals surface area contributed by atoms with Gasteiger partial charge in [0.15, 0.2) is 5.76 Å². The summed E-state index contributed by atoms with van der Waals surface area (Å²) in [7, 11) is 0. The SMILES string of the molecule is O=C(O)C1(c2cc(=O)[nH]o2)CCNCC1. The molecular formula is C9H12N2O4. The summed E-state index contributed by atoms with van der Waals surface area (Å²) in [4.78, 5) is 22.2. The monoisotopic (exact) mass is 212 g/mol. The molecule has 1 aromatic heterocycles. The van der Waals surface area contributed by atoms with Crippen molar-refractivity contribution in [3.05, 3.63) is 22.2 Å². The summed E-state index contributed by atoms with van der Waals surface area (Å²) in [6.07, 6.45) is 0.867. The smallest absolute Gasteiger partial charge is 0.317 e. The number of carboxylic acid groups (broad SMARTS) is 1. The Balaban J connectivity index is 2.41. The maximum Gasteiger partial charge on any atom is 0.317 e. The van der Waals surface area contributed by atoms with Crippen molar-refractivity contribution in [2.75, 3.05) is 13.1 Å². The van der Waals surface area contributed by atoms with Crippen molar-refractivity contribution in [2.45, 2.75) is 18.3 Å². The van der Waals surface area contributed by atoms with Crippen LogP contribution in [0.15, 0.2) is 15.4 Å². The third-order valence-electron chi connectivity index (χ3n) is 2.86. The highest BCUT2D eigenvalue weighted by atomic mass is 16.5. The van der Waals surface area contributed by atoms with Gasteiger partial charge in [0.05, 0.1) is 0 Å². The number of nitrogens with one attached hydrogen (secondary N) is 2. The van der Waals surface area contributed by atoms with Gasteiger partial charge in [0.1, 0.15) is 5.41 Å². The molecule has 0 atom stereocenters. The molecule has 2 rings (SSSR count). The van der Waals surface area contributed by atoms with Gasteiger partial charge < -0.3 is 14.9 Å². The van der Waals surface area contributed by atoms with Gasteiger partial charge in [-0.2, -0.15) is 5.16 Å². The molecule has 1 fully saturated rings. The maximum atomic E-state index is 11.3. The maximum absolute atomic E-state index is 11.3. The molecule has 0 radical (unpaired) electrons. The summed E-state index contributed by atoms with van der Waals surface area (Å²) >= 11 is 0. The van der Waals surface area contributed by atoms with E-state index in [9.17, 15) is 14.7 Å². The minimum Gasteiger partial charge on any atom is -0.480 e. The lowest BCUT2D eigenvalue weighted by molar-refractivity contribution is -0.146. The Morgan fingerprint density at radius 3 is 2.60 bits per heavy atom. The number of hydrogen-bond donors (Lipinski definition) is 3. The van der Waals surface area contributed by atoms with E-state index in [0.717, 1.165) is 0 Å². The van der Waals surface area contributed by atoms with Crippen molar-refractivity contribution in [1.82, 2.24) is 10.5 Å². The molecule has 2 heterocycles. The highest BCUT2D eigenvalue weighted by Crippen LogP contribution is 2.32. The lowest BCUT2D eigenvalue weighted by Crippen LogP contribution is -2.45. The van der Waals surface area contributed by atoms with E-state index in [4.69, 9.17) is 4.52 Å². The van der Waals surface area contributed by atoms with Gasteiger partial charge in [-0.1, -0.05) is 0 Å². The van der Waals surface area contributed by atoms with Crippen LogP contribution >= 0.6 is 0 Å². The average Bonchev–Trinajstić information content (AvgIpc) is 2.66. The van der Waals surface area contributed by atoms with Crippen molar-refractivity contribution < 1.29 is 14.4 Å². The molecule has 1 aliphatic rings. The van der Waals surface area contributed by atoms with E-state index in [2.05, 4.69) is 10.5 Å². The summed E-state index contributed by atoms with van der Waals surface area (Å²) in [5, 5.41) is 14.5. The van der Waals surface area contributed by atoms with E-state index < -0.39 is 16.9 Å². The first-order valence-electron chi connectivity index (χ1n) is 4.78. The first-order valence-corrected chi connectivity index (χ1v) is 4.78. The number of carbonyl (C=O) groups is 1. The minimum absolute atomic E-state index is 0.224. The van der Waals surface area contributed by atoms with E-state index in [-0.39, 0.29) is 5.76 Å². The summed E-state index contributed by atoms with van der Waals surface area (Å²) < 4.78 is 4.92. The van der Waals surface area contributed by atoms with Gasteiger partial charge in [-0.3, -0.25) is 9.59 Å². The Bertz CT molecular complexity index is 414. The van der Waals surface area contributed by atoms with Crippen LogP contribution < -0.4 is 10.9 Å². The largest absolute Gasteiger partial charge is 0.480 e. The van der Waals surface area contributed by atoms with Gasteiger partial charge in [0.25, 0.3) is 5.56 Å². The number of hydrogen-bond acceptors (Lipinski definition) is 4. The minimum atomic E-state index is -1.05. The van der Waals surface area contributed by atoms with Gasteiger partial charge in [0, 0.05) is 6.07 Å². The van der Waals surface area contributed by atoms with Crippen LogP contribution in [0.4, 0.5) is 0 Å². The second-order valence-corrected chi connectivity index (χ2v) is 3.71. The van der Waals surface area contributed by atoms with E-state index in [1.165, 1.54) is 6.07 Å². The average molecular weight is 212 g/mol. The van der Waals surface area contributed by atoms with Crippen LogP contribution in [0.2, 0.25) is 0 Å². The number of aromatic nitrogens is 1. The highest BCUT2D eigenvalue weighted by Gasteiger charge is 2.44. The number of carboxylic acids is 1. The zero-order chi connectivity index (χ0) is 10.9. The first-order chi connectivity index (χ1) is 7.15. The van der Waals surface area contributed by atoms with Crippen molar-refractivity contribution in [2.24, 2.45) is 0 Å². The molecule has 82 valence electrons. The number of rotatable bonds is 2. The zero-order valence-electron chi connectivity index (χ0n) is 8.08. The predicted octanol–water partition coefficient (Wildman–Crippen LogP) is -0.326. The Morgan fingerprint density at radius 1 is 1.47 bits per heavy atom. The number of piperidine rings is 1. The fraction of sp³-hybridized carbons (Fsp3) is 0.556. The van der Waals surface area contributed by atoms with E-state index in [1.807, 2.05) is 0 Å². The third kappa shape index (κ3) is 1.56. The van der Waals surface area contributed by atoms with Crippen LogP contribution in [0.3, 0.4) is 0 Å². The van der Waals surface area contributed by atoms with E-state index in [0.29, 0.717) is 25.9 Å². The van der Waals surface area contributed by atoms with Crippen LogP contribution in [0.25, 0.3) is 0 Å². The molecule has 6 heteroatoms. The molecule has 0 amide bonds. The molecule has 1 aliphatic heterocycles. The molecule has 1 saturated heterocycles. The summed E-state index contributed by atoms with van der Waals surface area (Å²) in [6, 6.07) is 1.22. The molecule has 0 bridgehead atoms. The molecule has 15 heavy (non-hydrogen) atoms. The van der Waals surface area contributed by atoms with Gasteiger partial charge in [-0.25, -0.2) is 0 Å². The van der Waals surface area contributed by atoms with Crippen molar-refractivity contribution in [3.63, 3.8) is 0 Å². The van der Waals surface area contributed by atoms with Gasteiger partial charge >= 0.3 is 5.97 Å². The Hall–Kier alpha value is -1.56. The molecular weight excluding hydrogens is 200 g/mol. The fourth-order valence-electron chi connectivity index (χ4n) is 1.94. The van der Waals surface area contributed by atoms with Crippen molar-refractivity contribution in [3.8, 4) is 0 Å². The topological polar surface area (TPSA) is 95.3 Å². The van der Waals surface area contributed by atoms with Crippen LogP contribution in [-0.2, 0) is 10.2 Å². The molecule has 6 nitrogen and oxygen atoms in total. The zero-order valence-corrected chi connectivity index (χ0v) is 8.08. The molecule has 0 aromatic carbocycles. The number of aromatic amines is 1. The summed E-state index contributed by atoms with van der Waals surface area (Å²) in [6.45, 7) is 1.22. The summed E-state index contributed by atoms with van der Waals surface area (Å²) in [5.41, 5.74) is -1.45. The fourth-order valence-corrected chi connectivity index (χ4v) is 1.94. The Morgan fingerprint density at radius 2 is 2.13 bits per heavy atom. The Kier molecular flexibility index (Phi) is 2.36. The van der Waals surface area contributed by atoms with E-state index in [1.54, 1.807) is 0 Å². The second-order valence-electron chi connectivity index (χ2n) is 3.71. The lowest BCUT2D eigenvalue weighted by atomic mass is 9.77. The van der Waals surface area contributed by atoms with Gasteiger partial charge in [-0.15, -0.1) is 0 Å². The Labute approximate surface area is 85.2 Å². The van der Waals surface area contributed by atoms with Crippen LogP contribution in [0.1, 0.15) is 18.6 Å². The third-order valence-corrected chi connectivity index (χ3v) is 2.86. The molecule has 0 aliphatic carbocycles. The van der Waals surface area contributed by atoms with Gasteiger partial charge in [-0.05, 0) is 25.9 Å². The standard InChI is InChI=1S/C9H12N2O4/c12-7-5-6(15-11-7)9(8(13)14)1-3-10-4-2-9/h5,10H,1-4H2,(H,11,12)(H,13,14). The molecule has 0 saturated carbocycles. The van der Waals surface area contributed by atoms with E-state index >= 15 is 0 Å². The van der Waals surface area contributed by atoms with Crippen LogP contribution in [0, 0.1) is 0 Å². The predicted molar refractivity (Wildman–Crippen MR) is 50.7 cm³/mol. The van der Waals surface area contributed by atoms with Crippen molar-refractivity contribution in [1.29, 1.82) is 0 Å². The molecule has 0 unspecified atom stereocenters. The first kappa shape index (κ1) is 9.97. The molecule has 1 aromatic rings. The van der Waals surface area contributed by atoms with Crippen molar-refractivity contribution >= 4 is 5.97 Å². The number of aliphatic carboxylic acids is 1. The normalized spacial score (nSPS) is 20.0. The number of H-pyrrole nitrogens is 1. The van der Waals surface area contributed by atoms with Gasteiger partial charge in [0.2, 0.25) is 0 Å². The van der Waals surface area contributed by atoms with Crippen LogP contribution in [0.5, 0.6) is 0 Å². The quantitative estimate of drug-likeness (QED) is 0.624.